The SMILES string of the molecule is CCN[C@H](C)CNC(=O)c1cnn(-c2ncccc2Cl)c1C(F)(F)F. The zero-order chi connectivity index (χ0) is 18.6. The second-order valence-electron chi connectivity index (χ2n) is 5.29. The number of alkyl halides is 3. The van der Waals surface area contributed by atoms with Gasteiger partial charge in [-0.05, 0) is 25.6 Å². The van der Waals surface area contributed by atoms with Crippen LogP contribution < -0.4 is 10.6 Å². The zero-order valence-corrected chi connectivity index (χ0v) is 14.3. The van der Waals surface area contributed by atoms with Crippen LogP contribution in [-0.4, -0.2) is 39.8 Å². The van der Waals surface area contributed by atoms with Crippen molar-refractivity contribution in [2.75, 3.05) is 13.1 Å². The first kappa shape index (κ1) is 19.2. The highest BCUT2D eigenvalue weighted by Crippen LogP contribution is 2.34. The van der Waals surface area contributed by atoms with Crippen LogP contribution in [0.15, 0.2) is 24.5 Å². The minimum Gasteiger partial charge on any atom is -0.350 e. The van der Waals surface area contributed by atoms with Crippen LogP contribution in [0.3, 0.4) is 0 Å². The van der Waals surface area contributed by atoms with E-state index in [4.69, 9.17) is 11.6 Å². The number of carbonyl (C=O) groups excluding carboxylic acids is 1. The number of carbonyl (C=O) groups is 1. The summed E-state index contributed by atoms with van der Waals surface area (Å²) >= 11 is 5.91. The van der Waals surface area contributed by atoms with Crippen LogP contribution in [0.25, 0.3) is 5.82 Å². The summed E-state index contributed by atoms with van der Waals surface area (Å²) in [5.41, 5.74) is -1.81. The normalized spacial score (nSPS) is 12.9. The molecule has 0 saturated carbocycles. The zero-order valence-electron chi connectivity index (χ0n) is 13.6. The van der Waals surface area contributed by atoms with E-state index >= 15 is 0 Å². The summed E-state index contributed by atoms with van der Waals surface area (Å²) in [6.45, 7) is 4.56. The Morgan fingerprint density at radius 2 is 2.16 bits per heavy atom. The standard InChI is InChI=1S/C15H17ClF3N5O/c1-3-20-9(2)7-22-14(25)10-8-23-24(12(10)15(17,18)19)13-11(16)5-4-6-21-13/h4-6,8-9,20H,3,7H2,1-2H3,(H,22,25)/t9-/m1/s1. The highest BCUT2D eigenvalue weighted by Gasteiger charge is 2.41. The second-order valence-corrected chi connectivity index (χ2v) is 5.70. The molecule has 0 radical (unpaired) electrons. The van der Waals surface area contributed by atoms with Gasteiger partial charge in [-0.15, -0.1) is 0 Å². The molecule has 2 heterocycles. The van der Waals surface area contributed by atoms with Gasteiger partial charge in [0.05, 0.1) is 16.8 Å². The summed E-state index contributed by atoms with van der Waals surface area (Å²) in [6, 6.07) is 2.80. The fourth-order valence-corrected chi connectivity index (χ4v) is 2.44. The van der Waals surface area contributed by atoms with Crippen molar-refractivity contribution in [1.29, 1.82) is 0 Å². The average molecular weight is 376 g/mol. The van der Waals surface area contributed by atoms with Crippen LogP contribution >= 0.6 is 11.6 Å². The van der Waals surface area contributed by atoms with Crippen molar-refractivity contribution < 1.29 is 18.0 Å². The molecule has 2 rings (SSSR count). The van der Waals surface area contributed by atoms with Crippen molar-refractivity contribution in [2.45, 2.75) is 26.1 Å². The van der Waals surface area contributed by atoms with E-state index in [2.05, 4.69) is 20.7 Å². The van der Waals surface area contributed by atoms with Gasteiger partial charge in [-0.2, -0.15) is 18.3 Å². The van der Waals surface area contributed by atoms with Crippen LogP contribution in [0, 0.1) is 0 Å². The molecule has 2 aromatic rings. The summed E-state index contributed by atoms with van der Waals surface area (Å²) in [7, 11) is 0. The van der Waals surface area contributed by atoms with Gasteiger partial charge in [-0.25, -0.2) is 9.67 Å². The first-order chi connectivity index (χ1) is 11.8. The van der Waals surface area contributed by atoms with Crippen molar-refractivity contribution in [3.05, 3.63) is 40.8 Å². The van der Waals surface area contributed by atoms with Crippen LogP contribution in [-0.2, 0) is 6.18 Å². The molecule has 0 aliphatic carbocycles. The third kappa shape index (κ3) is 4.49. The molecule has 0 saturated heterocycles. The van der Waals surface area contributed by atoms with Crippen LogP contribution in [0.1, 0.15) is 29.9 Å². The van der Waals surface area contributed by atoms with Crippen molar-refractivity contribution in [2.24, 2.45) is 0 Å². The molecule has 2 N–H and O–H groups in total. The molecule has 2 aromatic heterocycles. The predicted molar refractivity (Wildman–Crippen MR) is 86.8 cm³/mol. The van der Waals surface area contributed by atoms with Gasteiger partial charge in [0.2, 0.25) is 0 Å². The smallest absolute Gasteiger partial charge is 0.350 e. The van der Waals surface area contributed by atoms with Gasteiger partial charge in [0.25, 0.3) is 5.91 Å². The summed E-state index contributed by atoms with van der Waals surface area (Å²) in [5.74, 6) is -1.06. The topological polar surface area (TPSA) is 71.8 Å². The van der Waals surface area contributed by atoms with Crippen molar-refractivity contribution >= 4 is 17.5 Å². The van der Waals surface area contributed by atoms with Gasteiger partial charge < -0.3 is 10.6 Å². The quantitative estimate of drug-likeness (QED) is 0.814. The van der Waals surface area contributed by atoms with Crippen LogP contribution in [0.2, 0.25) is 5.02 Å². The van der Waals surface area contributed by atoms with E-state index in [1.165, 1.54) is 18.3 Å². The Morgan fingerprint density at radius 1 is 1.44 bits per heavy atom. The van der Waals surface area contributed by atoms with E-state index in [-0.39, 0.29) is 23.4 Å². The lowest BCUT2D eigenvalue weighted by Crippen LogP contribution is -2.39. The third-order valence-electron chi connectivity index (χ3n) is 3.34. The third-order valence-corrected chi connectivity index (χ3v) is 3.64. The van der Waals surface area contributed by atoms with Crippen molar-refractivity contribution in [3.8, 4) is 5.82 Å². The first-order valence-corrected chi connectivity index (χ1v) is 7.91. The molecule has 0 aliphatic rings. The molecular formula is C15H17ClF3N5O. The monoisotopic (exact) mass is 375 g/mol. The predicted octanol–water partition coefficient (Wildman–Crippen LogP) is 2.67. The molecule has 0 spiro atoms. The Balaban J connectivity index is 2.37. The van der Waals surface area contributed by atoms with E-state index in [0.29, 0.717) is 11.2 Å². The van der Waals surface area contributed by atoms with Gasteiger partial charge in [0.1, 0.15) is 0 Å². The number of rotatable bonds is 6. The minimum atomic E-state index is -4.81. The Hall–Kier alpha value is -2.13. The number of nitrogens with zero attached hydrogens (tertiary/aromatic N) is 3. The maximum absolute atomic E-state index is 13.5. The molecule has 0 fully saturated rings. The van der Waals surface area contributed by atoms with Crippen LogP contribution in [0.4, 0.5) is 13.2 Å². The first-order valence-electron chi connectivity index (χ1n) is 7.53. The fourth-order valence-electron chi connectivity index (χ4n) is 2.24. The molecule has 6 nitrogen and oxygen atoms in total. The maximum Gasteiger partial charge on any atom is 0.434 e. The number of halogens is 4. The minimum absolute atomic E-state index is 0.0103. The molecule has 0 bridgehead atoms. The summed E-state index contributed by atoms with van der Waals surface area (Å²) in [6.07, 6.45) is -2.65. The maximum atomic E-state index is 13.5. The summed E-state index contributed by atoms with van der Waals surface area (Å²) in [5, 5.41) is 9.18. The highest BCUT2D eigenvalue weighted by atomic mass is 35.5. The van der Waals surface area contributed by atoms with Gasteiger partial charge in [0, 0.05) is 18.8 Å². The lowest BCUT2D eigenvalue weighted by atomic mass is 10.2. The number of likely N-dealkylation sites (N-methyl/N-ethyl adjacent to an activating group) is 1. The van der Waals surface area contributed by atoms with Crippen LogP contribution in [0.5, 0.6) is 0 Å². The molecule has 136 valence electrons. The molecule has 10 heteroatoms. The van der Waals surface area contributed by atoms with E-state index in [0.717, 1.165) is 6.20 Å². The Morgan fingerprint density at radius 3 is 2.76 bits per heavy atom. The number of amides is 1. The van der Waals surface area contributed by atoms with E-state index < -0.39 is 23.3 Å². The lowest BCUT2D eigenvalue weighted by Gasteiger charge is -2.15. The largest absolute Gasteiger partial charge is 0.434 e. The average Bonchev–Trinajstić information content (AvgIpc) is 2.98. The van der Waals surface area contributed by atoms with Gasteiger partial charge in [0.15, 0.2) is 11.5 Å². The molecular weight excluding hydrogens is 359 g/mol. The number of pyridine rings is 1. The highest BCUT2D eigenvalue weighted by molar-refractivity contribution is 6.32. The molecule has 1 amide bonds. The van der Waals surface area contributed by atoms with E-state index in [9.17, 15) is 18.0 Å². The Labute approximate surface area is 147 Å². The van der Waals surface area contributed by atoms with Crippen molar-refractivity contribution in [3.63, 3.8) is 0 Å². The molecule has 1 atom stereocenters. The number of hydrogen-bond donors (Lipinski definition) is 2. The van der Waals surface area contributed by atoms with Gasteiger partial charge in [-0.3, -0.25) is 4.79 Å². The van der Waals surface area contributed by atoms with E-state index in [1.807, 2.05) is 13.8 Å². The second kappa shape index (κ2) is 7.83. The number of aromatic nitrogens is 3. The molecule has 0 unspecified atom stereocenters. The number of nitrogens with one attached hydrogen (secondary N) is 2. The van der Waals surface area contributed by atoms with Crippen molar-refractivity contribution in [1.82, 2.24) is 25.4 Å². The lowest BCUT2D eigenvalue weighted by molar-refractivity contribution is -0.143. The molecule has 25 heavy (non-hydrogen) atoms. The number of hydrogen-bond acceptors (Lipinski definition) is 4. The Kier molecular flexibility index (Phi) is 6.02. The Bertz CT molecular complexity index is 747. The van der Waals surface area contributed by atoms with Gasteiger partial charge in [-0.1, -0.05) is 18.5 Å². The molecule has 0 aliphatic heterocycles. The molecule has 0 aromatic carbocycles. The van der Waals surface area contributed by atoms with E-state index in [1.54, 1.807) is 0 Å². The summed E-state index contributed by atoms with van der Waals surface area (Å²) in [4.78, 5) is 16.0. The van der Waals surface area contributed by atoms with Gasteiger partial charge >= 0.3 is 6.18 Å². The fraction of sp³-hybridized carbons (Fsp3) is 0.400. The summed E-state index contributed by atoms with van der Waals surface area (Å²) < 4.78 is 41.1.